The van der Waals surface area contributed by atoms with E-state index in [1.807, 2.05) is 0 Å². The third-order valence-corrected chi connectivity index (χ3v) is 3.56. The van der Waals surface area contributed by atoms with Crippen LogP contribution in [0.1, 0.15) is 71.1 Å². The van der Waals surface area contributed by atoms with Gasteiger partial charge in [0.15, 0.2) is 0 Å². The molecule has 0 aliphatic carbocycles. The van der Waals surface area contributed by atoms with E-state index in [-0.39, 0.29) is 0 Å². The minimum atomic E-state index is 0.317. The number of rotatable bonds is 17. The van der Waals surface area contributed by atoms with Crippen molar-refractivity contribution in [3.05, 3.63) is 24.5 Å². The zero-order chi connectivity index (χ0) is 16.5. The predicted molar refractivity (Wildman–Crippen MR) is 94.0 cm³/mol. The van der Waals surface area contributed by atoms with Gasteiger partial charge in [-0.15, -0.1) is 0 Å². The molecule has 0 unspecified atom stereocenters. The monoisotopic (exact) mass is 312 g/mol. The number of aliphatic hydroxyl groups excluding tert-OH is 1. The summed E-state index contributed by atoms with van der Waals surface area (Å²) >= 11 is 0. The summed E-state index contributed by atoms with van der Waals surface area (Å²) in [5, 5.41) is 8.71. The Hall–Kier alpha value is -0.800. The molecule has 0 amide bonds. The van der Waals surface area contributed by atoms with Gasteiger partial charge in [0.2, 0.25) is 0 Å². The van der Waals surface area contributed by atoms with Crippen LogP contribution in [-0.4, -0.2) is 31.5 Å². The standard InChI is InChI=1S/C19H36O3/c1-4-15-21-16-17-22-19(3)13-9-8-12-18(2)11-7-5-6-10-14-20/h20H,2-17H2,1H3. The lowest BCUT2D eigenvalue weighted by molar-refractivity contribution is 0.0739. The van der Waals surface area contributed by atoms with Crippen LogP contribution >= 0.6 is 0 Å². The molecular weight excluding hydrogens is 276 g/mol. The molecule has 0 atom stereocenters. The van der Waals surface area contributed by atoms with Crippen molar-refractivity contribution < 1.29 is 14.6 Å². The van der Waals surface area contributed by atoms with Gasteiger partial charge in [0.05, 0.1) is 12.4 Å². The maximum absolute atomic E-state index is 8.71. The maximum atomic E-state index is 8.71. The molecule has 1 N–H and O–H groups in total. The van der Waals surface area contributed by atoms with Gasteiger partial charge in [-0.3, -0.25) is 0 Å². The molecule has 0 saturated carbocycles. The Morgan fingerprint density at radius 3 is 2.14 bits per heavy atom. The molecule has 0 heterocycles. The van der Waals surface area contributed by atoms with Gasteiger partial charge in [0, 0.05) is 19.6 Å². The fraction of sp³-hybridized carbons (Fsp3) is 0.789. The lowest BCUT2D eigenvalue weighted by Crippen LogP contribution is -2.04. The second-order valence-corrected chi connectivity index (χ2v) is 5.84. The highest BCUT2D eigenvalue weighted by Gasteiger charge is 1.99. The summed E-state index contributed by atoms with van der Waals surface area (Å²) in [5.41, 5.74) is 1.35. The van der Waals surface area contributed by atoms with Gasteiger partial charge in [-0.1, -0.05) is 38.5 Å². The Bertz CT molecular complexity index is 246. The molecule has 22 heavy (non-hydrogen) atoms. The number of hydrogen-bond donors (Lipinski definition) is 1. The normalized spacial score (nSPS) is 10.6. The Kier molecular flexibility index (Phi) is 16.0. The van der Waals surface area contributed by atoms with E-state index in [1.54, 1.807) is 0 Å². The molecule has 0 aliphatic rings. The second-order valence-electron chi connectivity index (χ2n) is 5.84. The first-order valence-electron chi connectivity index (χ1n) is 8.86. The van der Waals surface area contributed by atoms with Gasteiger partial charge in [-0.2, -0.15) is 0 Å². The van der Waals surface area contributed by atoms with E-state index in [0.29, 0.717) is 19.8 Å². The Morgan fingerprint density at radius 2 is 1.45 bits per heavy atom. The van der Waals surface area contributed by atoms with Crippen molar-refractivity contribution >= 4 is 0 Å². The number of allylic oxidation sites excluding steroid dienone is 2. The number of aliphatic hydroxyl groups is 1. The average molecular weight is 312 g/mol. The van der Waals surface area contributed by atoms with Gasteiger partial charge in [0.1, 0.15) is 6.61 Å². The van der Waals surface area contributed by atoms with E-state index < -0.39 is 0 Å². The van der Waals surface area contributed by atoms with Crippen LogP contribution < -0.4 is 0 Å². The molecule has 0 rings (SSSR count). The van der Waals surface area contributed by atoms with Gasteiger partial charge in [-0.05, 0) is 44.9 Å². The van der Waals surface area contributed by atoms with E-state index in [9.17, 15) is 0 Å². The molecule has 0 spiro atoms. The summed E-state index contributed by atoms with van der Waals surface area (Å²) in [4.78, 5) is 0. The summed E-state index contributed by atoms with van der Waals surface area (Å²) in [7, 11) is 0. The Morgan fingerprint density at radius 1 is 0.818 bits per heavy atom. The zero-order valence-corrected chi connectivity index (χ0v) is 14.6. The molecule has 3 heteroatoms. The van der Waals surface area contributed by atoms with Gasteiger partial charge >= 0.3 is 0 Å². The van der Waals surface area contributed by atoms with Crippen molar-refractivity contribution in [3.63, 3.8) is 0 Å². The predicted octanol–water partition coefficient (Wildman–Crippen LogP) is 5.00. The first-order valence-corrected chi connectivity index (χ1v) is 8.86. The van der Waals surface area contributed by atoms with Crippen LogP contribution in [0.5, 0.6) is 0 Å². The topological polar surface area (TPSA) is 38.7 Å². The van der Waals surface area contributed by atoms with Crippen molar-refractivity contribution in [1.29, 1.82) is 0 Å². The summed E-state index contributed by atoms with van der Waals surface area (Å²) < 4.78 is 10.9. The van der Waals surface area contributed by atoms with Crippen molar-refractivity contribution in [3.8, 4) is 0 Å². The van der Waals surface area contributed by atoms with E-state index in [4.69, 9.17) is 14.6 Å². The zero-order valence-electron chi connectivity index (χ0n) is 14.6. The van der Waals surface area contributed by atoms with Crippen molar-refractivity contribution in [2.75, 3.05) is 26.4 Å². The molecule has 0 radical (unpaired) electrons. The molecule has 0 aromatic rings. The lowest BCUT2D eigenvalue weighted by atomic mass is 10.0. The van der Waals surface area contributed by atoms with E-state index in [2.05, 4.69) is 20.1 Å². The van der Waals surface area contributed by atoms with Crippen LogP contribution in [0.2, 0.25) is 0 Å². The van der Waals surface area contributed by atoms with E-state index in [0.717, 1.165) is 63.7 Å². The second kappa shape index (κ2) is 16.6. The fourth-order valence-electron chi connectivity index (χ4n) is 2.23. The van der Waals surface area contributed by atoms with Crippen LogP contribution in [0, 0.1) is 0 Å². The van der Waals surface area contributed by atoms with Gasteiger partial charge in [0.25, 0.3) is 0 Å². The SMILES string of the molecule is C=C(CCCCCCO)CCCCC(=C)OCCOCCC. The van der Waals surface area contributed by atoms with E-state index in [1.165, 1.54) is 18.4 Å². The molecule has 0 fully saturated rings. The van der Waals surface area contributed by atoms with Crippen LogP contribution in [0.4, 0.5) is 0 Å². The summed E-state index contributed by atoms with van der Waals surface area (Å²) in [6.07, 6.45) is 10.9. The molecule has 0 bridgehead atoms. The minimum Gasteiger partial charge on any atom is -0.496 e. The number of hydrogen-bond acceptors (Lipinski definition) is 3. The van der Waals surface area contributed by atoms with Crippen molar-refractivity contribution in [2.24, 2.45) is 0 Å². The highest BCUT2D eigenvalue weighted by molar-refractivity contribution is 4.94. The fourth-order valence-corrected chi connectivity index (χ4v) is 2.23. The first kappa shape index (κ1) is 21.2. The molecule has 0 aliphatic heterocycles. The summed E-state index contributed by atoms with van der Waals surface area (Å²) in [6, 6.07) is 0. The minimum absolute atomic E-state index is 0.317. The Balaban J connectivity index is 3.32. The molecule has 0 aromatic heterocycles. The molecule has 0 saturated heterocycles. The van der Waals surface area contributed by atoms with E-state index >= 15 is 0 Å². The van der Waals surface area contributed by atoms with Gasteiger partial charge < -0.3 is 14.6 Å². The maximum Gasteiger partial charge on any atom is 0.111 e. The Labute approximate surface area is 137 Å². The third-order valence-electron chi connectivity index (χ3n) is 3.56. The highest BCUT2D eigenvalue weighted by atomic mass is 16.5. The molecular formula is C19H36O3. The van der Waals surface area contributed by atoms with Crippen LogP contribution in [-0.2, 0) is 9.47 Å². The molecule has 0 aromatic carbocycles. The number of ether oxygens (including phenoxy) is 2. The molecule has 3 nitrogen and oxygen atoms in total. The van der Waals surface area contributed by atoms with Crippen molar-refractivity contribution in [2.45, 2.75) is 71.1 Å². The first-order chi connectivity index (χ1) is 10.7. The van der Waals surface area contributed by atoms with Crippen LogP contribution in [0.3, 0.4) is 0 Å². The third kappa shape index (κ3) is 15.6. The van der Waals surface area contributed by atoms with Gasteiger partial charge in [-0.25, -0.2) is 0 Å². The van der Waals surface area contributed by atoms with Crippen LogP contribution in [0.25, 0.3) is 0 Å². The molecule has 130 valence electrons. The summed E-state index contributed by atoms with van der Waals surface area (Å²) in [6.45, 7) is 12.6. The smallest absolute Gasteiger partial charge is 0.111 e. The average Bonchev–Trinajstić information content (AvgIpc) is 2.51. The quantitative estimate of drug-likeness (QED) is 0.233. The largest absolute Gasteiger partial charge is 0.496 e. The highest BCUT2D eigenvalue weighted by Crippen LogP contribution is 2.16. The summed E-state index contributed by atoms with van der Waals surface area (Å²) in [5.74, 6) is 0.870. The number of unbranched alkanes of at least 4 members (excludes halogenated alkanes) is 4. The van der Waals surface area contributed by atoms with Crippen molar-refractivity contribution in [1.82, 2.24) is 0 Å². The van der Waals surface area contributed by atoms with Crippen LogP contribution in [0.15, 0.2) is 24.5 Å². The lowest BCUT2D eigenvalue weighted by Gasteiger charge is -2.10.